The van der Waals surface area contributed by atoms with Gasteiger partial charge in [0.1, 0.15) is 5.60 Å². The van der Waals surface area contributed by atoms with Gasteiger partial charge < -0.3 is 15.4 Å². The van der Waals surface area contributed by atoms with Crippen molar-refractivity contribution in [3.05, 3.63) is 16.6 Å². The first-order chi connectivity index (χ1) is 9.92. The molecule has 1 heterocycles. The van der Waals surface area contributed by atoms with Crippen LogP contribution in [-0.2, 0) is 11.3 Å². The van der Waals surface area contributed by atoms with Crippen molar-refractivity contribution >= 4 is 17.4 Å². The number of nitrogens with one attached hydrogen (secondary N) is 2. The van der Waals surface area contributed by atoms with Crippen molar-refractivity contribution < 1.29 is 9.53 Å². The number of rotatable bonds is 4. The lowest BCUT2D eigenvalue weighted by Gasteiger charge is -2.31. The monoisotopic (exact) mass is 311 g/mol. The van der Waals surface area contributed by atoms with Crippen LogP contribution in [0.3, 0.4) is 0 Å². The summed E-state index contributed by atoms with van der Waals surface area (Å²) >= 11 is 1.67. The molecule has 1 fully saturated rings. The number of amides is 1. The van der Waals surface area contributed by atoms with Crippen molar-refractivity contribution in [1.82, 2.24) is 15.6 Å². The summed E-state index contributed by atoms with van der Waals surface area (Å²) in [4.78, 5) is 17.1. The van der Waals surface area contributed by atoms with Gasteiger partial charge in [-0.05, 0) is 46.5 Å². The molecule has 0 spiro atoms. The van der Waals surface area contributed by atoms with Crippen molar-refractivity contribution in [3.8, 4) is 0 Å². The maximum atomic E-state index is 11.8. The van der Waals surface area contributed by atoms with E-state index in [4.69, 9.17) is 4.74 Å². The maximum Gasteiger partial charge on any atom is 0.407 e. The van der Waals surface area contributed by atoms with Crippen LogP contribution < -0.4 is 10.6 Å². The third kappa shape index (κ3) is 6.01. The summed E-state index contributed by atoms with van der Waals surface area (Å²) in [6.45, 7) is 6.50. The molecule has 0 radical (unpaired) electrons. The van der Waals surface area contributed by atoms with Crippen LogP contribution >= 0.6 is 11.3 Å². The molecule has 6 heteroatoms. The van der Waals surface area contributed by atoms with E-state index >= 15 is 0 Å². The van der Waals surface area contributed by atoms with Gasteiger partial charge in [-0.2, -0.15) is 0 Å². The highest BCUT2D eigenvalue weighted by Gasteiger charge is 2.25. The van der Waals surface area contributed by atoms with Gasteiger partial charge in [-0.25, -0.2) is 4.79 Å². The van der Waals surface area contributed by atoms with Crippen molar-refractivity contribution in [1.29, 1.82) is 0 Å². The van der Waals surface area contributed by atoms with Crippen LogP contribution in [0.25, 0.3) is 0 Å². The summed E-state index contributed by atoms with van der Waals surface area (Å²) in [7, 11) is 0. The largest absolute Gasteiger partial charge is 0.444 e. The van der Waals surface area contributed by atoms with Crippen LogP contribution in [-0.4, -0.2) is 28.8 Å². The van der Waals surface area contributed by atoms with E-state index < -0.39 is 5.60 Å². The molecule has 0 saturated heterocycles. The van der Waals surface area contributed by atoms with Crippen molar-refractivity contribution in [2.24, 2.45) is 0 Å². The molecule has 1 amide bonds. The number of carbonyl (C=O) groups excluding carboxylic acids is 1. The number of nitrogens with zero attached hydrogens (tertiary/aromatic N) is 1. The fraction of sp³-hybridized carbons (Fsp3) is 0.733. The lowest BCUT2D eigenvalue weighted by atomic mass is 9.91. The molecule has 1 aliphatic rings. The smallest absolute Gasteiger partial charge is 0.407 e. The highest BCUT2D eigenvalue weighted by Crippen LogP contribution is 2.20. The number of thiazole rings is 1. The summed E-state index contributed by atoms with van der Waals surface area (Å²) in [6, 6.07) is 0.647. The molecule has 2 rings (SSSR count). The zero-order chi connectivity index (χ0) is 15.3. The predicted octanol–water partition coefficient (Wildman–Crippen LogP) is 3.07. The second-order valence-electron chi connectivity index (χ2n) is 6.56. The summed E-state index contributed by atoms with van der Waals surface area (Å²) < 4.78 is 5.32. The van der Waals surface area contributed by atoms with Crippen LogP contribution in [0.15, 0.2) is 11.7 Å². The molecule has 5 nitrogen and oxygen atoms in total. The maximum absolute atomic E-state index is 11.8. The summed E-state index contributed by atoms with van der Waals surface area (Å²) in [5.74, 6) is 0. The Balaban J connectivity index is 1.74. The molecule has 1 aromatic heterocycles. The third-order valence-electron chi connectivity index (χ3n) is 3.44. The Labute approximate surface area is 130 Å². The molecular formula is C15H25N3O2S. The lowest BCUT2D eigenvalue weighted by molar-refractivity contribution is 0.0488. The first-order valence-corrected chi connectivity index (χ1v) is 8.40. The first kappa shape index (κ1) is 16.2. The van der Waals surface area contributed by atoms with Crippen molar-refractivity contribution in [2.75, 3.05) is 0 Å². The molecule has 21 heavy (non-hydrogen) atoms. The average Bonchev–Trinajstić information content (AvgIpc) is 2.87. The zero-order valence-electron chi connectivity index (χ0n) is 13.0. The number of hydrogen-bond acceptors (Lipinski definition) is 5. The van der Waals surface area contributed by atoms with E-state index in [2.05, 4.69) is 15.6 Å². The minimum Gasteiger partial charge on any atom is -0.444 e. The van der Waals surface area contributed by atoms with Crippen LogP contribution in [0.1, 0.15) is 51.3 Å². The highest BCUT2D eigenvalue weighted by atomic mass is 32.1. The van der Waals surface area contributed by atoms with Gasteiger partial charge in [0.25, 0.3) is 0 Å². The first-order valence-electron chi connectivity index (χ1n) is 7.52. The molecule has 0 aliphatic heterocycles. The Bertz CT molecular complexity index is 442. The van der Waals surface area contributed by atoms with Gasteiger partial charge in [0.05, 0.1) is 5.51 Å². The van der Waals surface area contributed by atoms with E-state index in [1.165, 1.54) is 4.88 Å². The van der Waals surface area contributed by atoms with E-state index in [0.717, 1.165) is 32.2 Å². The fourth-order valence-electron chi connectivity index (χ4n) is 2.55. The van der Waals surface area contributed by atoms with E-state index in [1.54, 1.807) is 11.3 Å². The molecule has 2 N–H and O–H groups in total. The van der Waals surface area contributed by atoms with E-state index in [0.29, 0.717) is 6.04 Å². The second kappa shape index (κ2) is 7.22. The predicted molar refractivity (Wildman–Crippen MR) is 84.4 cm³/mol. The van der Waals surface area contributed by atoms with Crippen LogP contribution in [0.4, 0.5) is 4.79 Å². The quantitative estimate of drug-likeness (QED) is 0.897. The van der Waals surface area contributed by atoms with E-state index in [-0.39, 0.29) is 12.1 Å². The zero-order valence-corrected chi connectivity index (χ0v) is 13.8. The molecule has 2 atom stereocenters. The van der Waals surface area contributed by atoms with Crippen LogP contribution in [0, 0.1) is 0 Å². The van der Waals surface area contributed by atoms with Crippen LogP contribution in [0.2, 0.25) is 0 Å². The number of aromatic nitrogens is 1. The van der Waals surface area contributed by atoms with Gasteiger partial charge >= 0.3 is 6.09 Å². The Morgan fingerprint density at radius 3 is 2.86 bits per heavy atom. The van der Waals surface area contributed by atoms with Gasteiger partial charge in [-0.15, -0.1) is 11.3 Å². The topological polar surface area (TPSA) is 63.2 Å². The molecule has 1 aliphatic carbocycles. The number of alkyl carbamates (subject to hydrolysis) is 1. The van der Waals surface area contributed by atoms with Crippen molar-refractivity contribution in [3.63, 3.8) is 0 Å². The molecule has 0 unspecified atom stereocenters. The van der Waals surface area contributed by atoms with Crippen molar-refractivity contribution in [2.45, 2.75) is 70.7 Å². The van der Waals surface area contributed by atoms with Gasteiger partial charge in [0.15, 0.2) is 0 Å². The van der Waals surface area contributed by atoms with Gasteiger partial charge in [0.2, 0.25) is 0 Å². The summed E-state index contributed by atoms with van der Waals surface area (Å²) in [5, 5.41) is 6.54. The fourth-order valence-corrected chi connectivity index (χ4v) is 3.10. The van der Waals surface area contributed by atoms with Gasteiger partial charge in [-0.1, -0.05) is 0 Å². The highest BCUT2D eigenvalue weighted by molar-refractivity contribution is 7.09. The lowest BCUT2D eigenvalue weighted by Crippen LogP contribution is -2.45. The molecule has 0 bridgehead atoms. The molecular weight excluding hydrogens is 286 g/mol. The van der Waals surface area contributed by atoms with E-state index in [9.17, 15) is 4.79 Å². The standard InChI is InChI=1S/C15H25N3O2S/c1-15(2,3)20-14(19)18-12-6-4-5-11(7-12)17-9-13-8-16-10-21-13/h8,10-12,17H,4-7,9H2,1-3H3,(H,18,19)/t11-,12+/m1/s1. The Kier molecular flexibility index (Phi) is 5.58. The third-order valence-corrected chi connectivity index (χ3v) is 4.22. The number of ether oxygens (including phenoxy) is 1. The molecule has 0 aromatic carbocycles. The Morgan fingerprint density at radius 1 is 1.43 bits per heavy atom. The normalized spacial score (nSPS) is 22.8. The number of carbonyl (C=O) groups is 1. The average molecular weight is 311 g/mol. The van der Waals surface area contributed by atoms with Gasteiger partial charge in [-0.3, -0.25) is 4.98 Å². The summed E-state index contributed by atoms with van der Waals surface area (Å²) in [6.07, 6.45) is 5.86. The SMILES string of the molecule is CC(C)(C)OC(=O)N[C@H]1CCC[C@@H](NCc2cncs2)C1. The second-order valence-corrected chi connectivity index (χ2v) is 7.53. The Morgan fingerprint density at radius 2 is 2.19 bits per heavy atom. The van der Waals surface area contributed by atoms with E-state index in [1.807, 2.05) is 32.5 Å². The number of hydrogen-bond donors (Lipinski definition) is 2. The minimum absolute atomic E-state index is 0.201. The molecule has 118 valence electrons. The minimum atomic E-state index is -0.442. The molecule has 1 aromatic rings. The Hall–Kier alpha value is -1.14. The molecule has 1 saturated carbocycles. The van der Waals surface area contributed by atoms with Gasteiger partial charge in [0, 0.05) is 29.7 Å². The van der Waals surface area contributed by atoms with Crippen LogP contribution in [0.5, 0.6) is 0 Å². The summed E-state index contributed by atoms with van der Waals surface area (Å²) in [5.41, 5.74) is 1.41.